The van der Waals surface area contributed by atoms with Crippen LogP contribution in [0.15, 0.2) is 35.5 Å². The van der Waals surface area contributed by atoms with E-state index in [1.54, 1.807) is 7.05 Å². The van der Waals surface area contributed by atoms with Gasteiger partial charge in [0.25, 0.3) is 0 Å². The molecule has 2 heterocycles. The third-order valence-electron chi connectivity index (χ3n) is 5.00. The second-order valence-corrected chi connectivity index (χ2v) is 6.79. The van der Waals surface area contributed by atoms with E-state index >= 15 is 0 Å². The van der Waals surface area contributed by atoms with Gasteiger partial charge < -0.3 is 20.5 Å². The lowest BCUT2D eigenvalue weighted by atomic mass is 10.1. The Bertz CT molecular complexity index is 766. The lowest BCUT2D eigenvalue weighted by molar-refractivity contribution is -0.129. The summed E-state index contributed by atoms with van der Waals surface area (Å²) in [6.45, 7) is 4.38. The summed E-state index contributed by atoms with van der Waals surface area (Å²) in [7, 11) is 1.79. The Hall–Kier alpha value is -2.50. The van der Waals surface area contributed by atoms with Crippen molar-refractivity contribution in [3.8, 4) is 0 Å². The van der Waals surface area contributed by atoms with Crippen molar-refractivity contribution in [1.82, 2.24) is 20.5 Å². The summed E-state index contributed by atoms with van der Waals surface area (Å²) in [5.74, 6) is 1.05. The Morgan fingerprint density at radius 1 is 1.38 bits per heavy atom. The number of likely N-dealkylation sites (tertiary alicyclic amines) is 1. The highest BCUT2D eigenvalue weighted by Crippen LogP contribution is 2.18. The summed E-state index contributed by atoms with van der Waals surface area (Å²) >= 11 is 0. The van der Waals surface area contributed by atoms with Crippen molar-refractivity contribution in [2.45, 2.75) is 38.6 Å². The number of benzene rings is 1. The molecule has 0 bridgehead atoms. The maximum atomic E-state index is 11.8. The molecule has 26 heavy (non-hydrogen) atoms. The van der Waals surface area contributed by atoms with Crippen molar-refractivity contribution in [2.24, 2.45) is 4.99 Å². The van der Waals surface area contributed by atoms with Crippen LogP contribution in [-0.2, 0) is 11.2 Å². The lowest BCUT2D eigenvalue weighted by Crippen LogP contribution is -2.45. The van der Waals surface area contributed by atoms with Crippen LogP contribution in [0.25, 0.3) is 10.9 Å². The van der Waals surface area contributed by atoms with Crippen molar-refractivity contribution in [3.05, 3.63) is 36.0 Å². The molecule has 3 N–H and O–H groups in total. The number of aryl methyl sites for hydroxylation is 1. The number of aliphatic imine (C=N–C) groups is 1. The Balaban J connectivity index is 1.41. The number of H-pyrrole nitrogens is 1. The number of amides is 1. The highest BCUT2D eigenvalue weighted by atomic mass is 16.2. The molecule has 1 amide bonds. The summed E-state index contributed by atoms with van der Waals surface area (Å²) in [4.78, 5) is 21.4. The number of carbonyl (C=O) groups is 1. The summed E-state index contributed by atoms with van der Waals surface area (Å²) in [6.07, 6.45) is 5.72. The lowest BCUT2D eigenvalue weighted by Gasteiger charge is -2.18. The number of aromatic amines is 1. The van der Waals surface area contributed by atoms with Crippen LogP contribution in [-0.4, -0.2) is 54.5 Å². The number of hydrogen-bond acceptors (Lipinski definition) is 2. The maximum Gasteiger partial charge on any atom is 0.222 e. The summed E-state index contributed by atoms with van der Waals surface area (Å²) in [5, 5.41) is 8.13. The van der Waals surface area contributed by atoms with Crippen LogP contribution in [0, 0.1) is 0 Å². The third kappa shape index (κ3) is 4.36. The first-order valence-corrected chi connectivity index (χ1v) is 9.51. The number of carbonyl (C=O) groups excluding carboxylic acids is 1. The minimum absolute atomic E-state index is 0.232. The predicted molar refractivity (Wildman–Crippen MR) is 106 cm³/mol. The first-order chi connectivity index (χ1) is 12.7. The van der Waals surface area contributed by atoms with Crippen LogP contribution < -0.4 is 10.6 Å². The van der Waals surface area contributed by atoms with Crippen LogP contribution in [0.2, 0.25) is 0 Å². The fraction of sp³-hybridized carbons (Fsp3) is 0.500. The zero-order valence-corrected chi connectivity index (χ0v) is 15.7. The van der Waals surface area contributed by atoms with E-state index in [2.05, 4.69) is 51.1 Å². The van der Waals surface area contributed by atoms with Gasteiger partial charge in [-0.15, -0.1) is 0 Å². The molecule has 0 spiro atoms. The van der Waals surface area contributed by atoms with Gasteiger partial charge in [0.05, 0.1) is 0 Å². The summed E-state index contributed by atoms with van der Waals surface area (Å²) < 4.78 is 0. The third-order valence-corrected chi connectivity index (χ3v) is 5.00. The fourth-order valence-corrected chi connectivity index (χ4v) is 3.54. The van der Waals surface area contributed by atoms with Crippen molar-refractivity contribution in [1.29, 1.82) is 0 Å². The number of guanidine groups is 1. The normalized spacial score (nSPS) is 17.7. The van der Waals surface area contributed by atoms with E-state index in [9.17, 15) is 4.79 Å². The van der Waals surface area contributed by atoms with Gasteiger partial charge in [-0.3, -0.25) is 9.79 Å². The number of para-hydroxylation sites is 1. The van der Waals surface area contributed by atoms with Crippen molar-refractivity contribution in [3.63, 3.8) is 0 Å². The second kappa shape index (κ2) is 8.74. The van der Waals surface area contributed by atoms with Crippen LogP contribution in [0.4, 0.5) is 0 Å². The molecule has 1 unspecified atom stereocenters. The molecule has 1 atom stereocenters. The Labute approximate surface area is 155 Å². The molecule has 0 aliphatic carbocycles. The van der Waals surface area contributed by atoms with E-state index in [4.69, 9.17) is 0 Å². The molecular weight excluding hydrogens is 326 g/mol. The summed E-state index contributed by atoms with van der Waals surface area (Å²) in [5.41, 5.74) is 2.55. The number of aromatic nitrogens is 1. The maximum absolute atomic E-state index is 11.8. The Morgan fingerprint density at radius 3 is 3.04 bits per heavy atom. The van der Waals surface area contributed by atoms with Crippen molar-refractivity contribution in [2.75, 3.05) is 26.7 Å². The van der Waals surface area contributed by atoms with Crippen LogP contribution in [0.5, 0.6) is 0 Å². The monoisotopic (exact) mass is 355 g/mol. The fourth-order valence-electron chi connectivity index (χ4n) is 3.54. The first-order valence-electron chi connectivity index (χ1n) is 9.51. The van der Waals surface area contributed by atoms with Gasteiger partial charge in [0, 0.05) is 56.2 Å². The van der Waals surface area contributed by atoms with Gasteiger partial charge in [0.1, 0.15) is 0 Å². The zero-order valence-electron chi connectivity index (χ0n) is 15.7. The molecule has 140 valence electrons. The Morgan fingerprint density at radius 2 is 2.23 bits per heavy atom. The highest BCUT2D eigenvalue weighted by Gasteiger charge is 2.25. The van der Waals surface area contributed by atoms with Crippen LogP contribution in [0.1, 0.15) is 31.7 Å². The van der Waals surface area contributed by atoms with Gasteiger partial charge in [-0.25, -0.2) is 0 Å². The molecule has 0 saturated carbocycles. The zero-order chi connectivity index (χ0) is 18.4. The van der Waals surface area contributed by atoms with Crippen molar-refractivity contribution < 1.29 is 4.79 Å². The van der Waals surface area contributed by atoms with Crippen LogP contribution in [0.3, 0.4) is 0 Å². The van der Waals surface area contributed by atoms with E-state index in [0.29, 0.717) is 6.42 Å². The minimum atomic E-state index is 0.232. The molecule has 1 saturated heterocycles. The van der Waals surface area contributed by atoms with Crippen molar-refractivity contribution >= 4 is 22.8 Å². The Kier molecular flexibility index (Phi) is 6.15. The molecule has 1 aliphatic heterocycles. The minimum Gasteiger partial charge on any atom is -0.361 e. The molecule has 6 nitrogen and oxygen atoms in total. The predicted octanol–water partition coefficient (Wildman–Crippen LogP) is 2.28. The quantitative estimate of drug-likeness (QED) is 0.423. The molecule has 2 aromatic rings. The van der Waals surface area contributed by atoms with E-state index in [0.717, 1.165) is 44.9 Å². The molecule has 1 fully saturated rings. The van der Waals surface area contributed by atoms with Gasteiger partial charge in [-0.05, 0) is 30.9 Å². The average molecular weight is 355 g/mol. The molecule has 6 heteroatoms. The van der Waals surface area contributed by atoms with Gasteiger partial charge >= 0.3 is 0 Å². The topological polar surface area (TPSA) is 72.5 Å². The highest BCUT2D eigenvalue weighted by molar-refractivity contribution is 5.83. The molecule has 1 aliphatic rings. The number of nitrogens with zero attached hydrogens (tertiary/aromatic N) is 2. The smallest absolute Gasteiger partial charge is 0.222 e. The van der Waals surface area contributed by atoms with E-state index in [-0.39, 0.29) is 11.9 Å². The molecule has 1 aromatic carbocycles. The van der Waals surface area contributed by atoms with Crippen LogP contribution >= 0.6 is 0 Å². The average Bonchev–Trinajstić information content (AvgIpc) is 3.30. The van der Waals surface area contributed by atoms with E-state index in [1.165, 1.54) is 16.5 Å². The standard InChI is InChI=1S/C20H29N5O/c1-3-19(26)25-12-10-16(14-25)24-20(21-2)22-11-6-7-15-13-23-18-9-5-4-8-17(15)18/h4-5,8-9,13,16,23H,3,6-7,10-12,14H2,1-2H3,(H2,21,22,24). The largest absolute Gasteiger partial charge is 0.361 e. The second-order valence-electron chi connectivity index (χ2n) is 6.79. The van der Waals surface area contributed by atoms with E-state index in [1.807, 2.05) is 11.8 Å². The van der Waals surface area contributed by atoms with E-state index < -0.39 is 0 Å². The van der Waals surface area contributed by atoms with Gasteiger partial charge in [0.15, 0.2) is 5.96 Å². The van der Waals surface area contributed by atoms with Gasteiger partial charge in [0.2, 0.25) is 5.91 Å². The molecule has 3 rings (SSSR count). The molecular formula is C20H29N5O. The number of rotatable bonds is 6. The summed E-state index contributed by atoms with van der Waals surface area (Å²) in [6, 6.07) is 8.69. The number of hydrogen-bond donors (Lipinski definition) is 3. The SMILES string of the molecule is CCC(=O)N1CCC(NC(=NC)NCCCc2c[nH]c3ccccc23)C1. The molecule has 0 radical (unpaired) electrons. The van der Waals surface area contributed by atoms with Gasteiger partial charge in [-0.2, -0.15) is 0 Å². The molecule has 1 aromatic heterocycles. The first kappa shape index (κ1) is 18.3. The number of fused-ring (bicyclic) bond motifs is 1. The number of nitrogens with one attached hydrogen (secondary N) is 3. The van der Waals surface area contributed by atoms with Gasteiger partial charge in [-0.1, -0.05) is 25.1 Å².